The van der Waals surface area contributed by atoms with E-state index in [1.165, 1.54) is 29.5 Å². The van der Waals surface area contributed by atoms with E-state index in [0.29, 0.717) is 0 Å². The third-order valence-electron chi connectivity index (χ3n) is 7.05. The van der Waals surface area contributed by atoms with Crippen LogP contribution in [-0.2, 0) is 31.3 Å². The van der Waals surface area contributed by atoms with Crippen molar-refractivity contribution in [3.05, 3.63) is 101 Å². The van der Waals surface area contributed by atoms with E-state index in [1.54, 1.807) is 0 Å². The molecule has 0 atom stereocenters. The number of rotatable bonds is 8. The minimum atomic E-state index is -0.104. The summed E-state index contributed by atoms with van der Waals surface area (Å²) in [6.45, 7) is 13.5. The van der Waals surface area contributed by atoms with Crippen LogP contribution in [0.4, 0.5) is 0 Å². The summed E-state index contributed by atoms with van der Waals surface area (Å²) in [6, 6.07) is 29.1. The Labute approximate surface area is 224 Å². The molecule has 3 aromatic carbocycles. The number of nitrogens with zero attached hydrogens (tertiary/aromatic N) is 3. The zero-order chi connectivity index (χ0) is 24.3. The molecule has 4 aromatic rings. The molecule has 0 aliphatic carbocycles. The minimum absolute atomic E-state index is 0. The quantitative estimate of drug-likeness (QED) is 0.163. The number of benzene rings is 3. The normalized spacial score (nSPS) is 11.8. The average molecular weight is 557 g/mol. The predicted molar refractivity (Wildman–Crippen MR) is 141 cm³/mol. The molecular weight excluding hydrogens is 521 g/mol. The molecule has 0 unspecified atom stereocenters. The maximum Gasteiger partial charge on any atom is 0.134 e. The van der Waals surface area contributed by atoms with Crippen LogP contribution in [-0.4, -0.2) is 14.8 Å². The van der Waals surface area contributed by atoms with Gasteiger partial charge in [-0.1, -0.05) is 96.0 Å². The van der Waals surface area contributed by atoms with Crippen LogP contribution in [0, 0.1) is 13.0 Å². The van der Waals surface area contributed by atoms with Crippen LogP contribution in [0.1, 0.15) is 76.4 Å². The molecule has 35 heavy (non-hydrogen) atoms. The van der Waals surface area contributed by atoms with Crippen LogP contribution in [0.5, 0.6) is 0 Å². The number of aryl methyl sites for hydroxylation is 1. The van der Waals surface area contributed by atoms with Gasteiger partial charge in [0.1, 0.15) is 5.82 Å². The molecule has 0 aliphatic rings. The summed E-state index contributed by atoms with van der Waals surface area (Å²) in [6.07, 6.45) is 3.40. The van der Waals surface area contributed by atoms with Crippen molar-refractivity contribution < 1.29 is 20.4 Å². The number of unbranched alkanes of at least 4 members (excludes halogenated alkanes) is 1. The Morgan fingerprint density at radius 3 is 2.14 bits per heavy atom. The van der Waals surface area contributed by atoms with E-state index in [9.17, 15) is 0 Å². The topological polar surface area (TPSA) is 30.7 Å². The molecule has 0 saturated heterocycles. The van der Waals surface area contributed by atoms with Gasteiger partial charge in [-0.15, -0.1) is 40.5 Å². The van der Waals surface area contributed by atoms with Crippen LogP contribution in [0.15, 0.2) is 72.8 Å². The minimum Gasteiger partial charge on any atom is -0.319 e. The molecule has 0 saturated carbocycles. The first-order chi connectivity index (χ1) is 16.3. The molecule has 1 aromatic heterocycles. The second-order valence-corrected chi connectivity index (χ2v) is 10.4. The Morgan fingerprint density at radius 1 is 0.829 bits per heavy atom. The molecule has 0 N–H and O–H groups in total. The van der Waals surface area contributed by atoms with Crippen molar-refractivity contribution >= 4 is 0 Å². The zero-order valence-electron chi connectivity index (χ0n) is 21.7. The smallest absolute Gasteiger partial charge is 0.134 e. The van der Waals surface area contributed by atoms with E-state index in [-0.39, 0.29) is 31.3 Å². The zero-order valence-corrected chi connectivity index (χ0v) is 23.3. The molecular formula is C31H36N3Pd-. The number of para-hydroxylation sites is 1. The number of aromatic nitrogens is 3. The van der Waals surface area contributed by atoms with Gasteiger partial charge >= 0.3 is 0 Å². The number of hydrogen-bond donors (Lipinski definition) is 0. The first kappa shape index (κ1) is 27.1. The molecule has 3 nitrogen and oxygen atoms in total. The number of hydrogen-bond acceptors (Lipinski definition) is 2. The summed E-state index contributed by atoms with van der Waals surface area (Å²) in [5.41, 5.74) is 5.63. The van der Waals surface area contributed by atoms with Gasteiger partial charge in [0, 0.05) is 31.5 Å². The molecule has 0 spiro atoms. The summed E-state index contributed by atoms with van der Waals surface area (Å²) in [4.78, 5) is 0. The van der Waals surface area contributed by atoms with Gasteiger partial charge in [-0.3, -0.25) is 0 Å². The summed E-state index contributed by atoms with van der Waals surface area (Å²) in [5.74, 6) is 1.85. The second-order valence-electron chi connectivity index (χ2n) is 10.4. The van der Waals surface area contributed by atoms with Gasteiger partial charge in [-0.05, 0) is 36.0 Å². The van der Waals surface area contributed by atoms with Crippen molar-refractivity contribution in [1.29, 1.82) is 0 Å². The fourth-order valence-corrected chi connectivity index (χ4v) is 4.64. The molecule has 0 bridgehead atoms. The Bertz CT molecular complexity index is 1240. The maximum atomic E-state index is 4.75. The first-order valence-electron chi connectivity index (χ1n) is 12.4. The van der Waals surface area contributed by atoms with Gasteiger partial charge in [0.2, 0.25) is 0 Å². The van der Waals surface area contributed by atoms with Crippen LogP contribution >= 0.6 is 0 Å². The SMILES string of the molecule is CCCCC(C)(C)c1nnc(-c2[c-]cc(C(C)(C)c3ccccc3)cc2)n1-c1ccccc1C.[Pd]. The Kier molecular flexibility index (Phi) is 8.52. The van der Waals surface area contributed by atoms with Crippen molar-refractivity contribution in [3.8, 4) is 17.1 Å². The summed E-state index contributed by atoms with van der Waals surface area (Å²) in [5, 5.41) is 9.46. The molecule has 4 heteroatoms. The van der Waals surface area contributed by atoms with Crippen LogP contribution < -0.4 is 0 Å². The monoisotopic (exact) mass is 556 g/mol. The van der Waals surface area contributed by atoms with Gasteiger partial charge < -0.3 is 4.57 Å². The molecule has 0 amide bonds. The van der Waals surface area contributed by atoms with Crippen LogP contribution in [0.3, 0.4) is 0 Å². The van der Waals surface area contributed by atoms with Gasteiger partial charge in [0.15, 0.2) is 0 Å². The summed E-state index contributed by atoms with van der Waals surface area (Å²) >= 11 is 0. The molecule has 0 aliphatic heterocycles. The third kappa shape index (κ3) is 5.50. The van der Waals surface area contributed by atoms with Gasteiger partial charge in [-0.2, -0.15) is 5.10 Å². The van der Waals surface area contributed by atoms with Crippen LogP contribution in [0.2, 0.25) is 0 Å². The molecule has 186 valence electrons. The van der Waals surface area contributed by atoms with Crippen molar-refractivity contribution in [2.75, 3.05) is 0 Å². The van der Waals surface area contributed by atoms with Crippen LogP contribution in [0.25, 0.3) is 17.1 Å². The van der Waals surface area contributed by atoms with Crippen molar-refractivity contribution in [2.24, 2.45) is 0 Å². The van der Waals surface area contributed by atoms with E-state index < -0.39 is 0 Å². The maximum absolute atomic E-state index is 4.75. The predicted octanol–water partition coefficient (Wildman–Crippen LogP) is 7.83. The third-order valence-corrected chi connectivity index (χ3v) is 7.05. The molecule has 0 fully saturated rings. The fourth-order valence-electron chi connectivity index (χ4n) is 4.64. The van der Waals surface area contributed by atoms with Crippen molar-refractivity contribution in [2.45, 2.75) is 71.6 Å². The summed E-state index contributed by atoms with van der Waals surface area (Å²) in [7, 11) is 0. The van der Waals surface area contributed by atoms with E-state index in [1.807, 2.05) is 0 Å². The van der Waals surface area contributed by atoms with E-state index in [0.717, 1.165) is 29.3 Å². The second kappa shape index (κ2) is 11.0. The largest absolute Gasteiger partial charge is 0.319 e. The van der Waals surface area contributed by atoms with Gasteiger partial charge in [0.05, 0.1) is 5.82 Å². The Hall–Kier alpha value is -2.54. The first-order valence-corrected chi connectivity index (χ1v) is 12.4. The summed E-state index contributed by atoms with van der Waals surface area (Å²) < 4.78 is 2.25. The Balaban J connectivity index is 0.00000342. The van der Waals surface area contributed by atoms with E-state index in [2.05, 4.69) is 125 Å². The average Bonchev–Trinajstić information content (AvgIpc) is 3.30. The van der Waals surface area contributed by atoms with Gasteiger partial charge in [-0.25, -0.2) is 0 Å². The fraction of sp³-hybridized carbons (Fsp3) is 0.355. The Morgan fingerprint density at radius 2 is 1.51 bits per heavy atom. The van der Waals surface area contributed by atoms with E-state index >= 15 is 0 Å². The van der Waals surface area contributed by atoms with Crippen molar-refractivity contribution in [3.63, 3.8) is 0 Å². The van der Waals surface area contributed by atoms with Gasteiger partial charge in [0.25, 0.3) is 0 Å². The molecule has 0 radical (unpaired) electrons. The standard InChI is InChI=1S/C31H36N3.Pd/c1-7-8-22-30(3,4)29-33-32-28(34(29)27-17-13-12-14-23(27)2)24-18-20-26(21-19-24)31(5,6)25-15-10-9-11-16-25;/h9-18,20-21H,7-8,22H2,1-6H3;/q-1;. The molecule has 1 heterocycles. The van der Waals surface area contributed by atoms with E-state index in [4.69, 9.17) is 10.2 Å². The van der Waals surface area contributed by atoms with Crippen molar-refractivity contribution in [1.82, 2.24) is 14.8 Å². The molecule has 4 rings (SSSR count).